The van der Waals surface area contributed by atoms with Crippen LogP contribution in [0.25, 0.3) is 0 Å². The number of rotatable bonds is 2. The summed E-state index contributed by atoms with van der Waals surface area (Å²) in [6, 6.07) is 2.56. The lowest BCUT2D eigenvalue weighted by molar-refractivity contribution is 0.752. The number of pyridine rings is 1. The van der Waals surface area contributed by atoms with Crippen LogP contribution in [0.1, 0.15) is 31.7 Å². The summed E-state index contributed by atoms with van der Waals surface area (Å²) < 4.78 is 0. The Morgan fingerprint density at radius 3 is 2.87 bits per heavy atom. The van der Waals surface area contributed by atoms with Crippen molar-refractivity contribution in [3.63, 3.8) is 0 Å². The number of hydrogen-bond donors (Lipinski definition) is 1. The van der Waals surface area contributed by atoms with Gasteiger partial charge in [-0.1, -0.05) is 13.8 Å². The van der Waals surface area contributed by atoms with E-state index in [2.05, 4.69) is 29.8 Å². The molecular formula is C12H19N3. The van der Waals surface area contributed by atoms with E-state index in [4.69, 9.17) is 5.73 Å². The minimum absolute atomic E-state index is 0.327. The minimum Gasteiger partial charge on any atom is -0.369 e. The first-order valence-electron chi connectivity index (χ1n) is 5.62. The third-order valence-electron chi connectivity index (χ3n) is 3.00. The average Bonchev–Trinajstić information content (AvgIpc) is 2.65. The van der Waals surface area contributed by atoms with E-state index in [1.165, 1.54) is 11.3 Å². The molecule has 1 aliphatic rings. The van der Waals surface area contributed by atoms with Gasteiger partial charge < -0.3 is 10.6 Å². The highest BCUT2D eigenvalue weighted by Gasteiger charge is 2.19. The number of hydrogen-bond acceptors (Lipinski definition) is 3. The van der Waals surface area contributed by atoms with E-state index < -0.39 is 0 Å². The predicted octanol–water partition coefficient (Wildman–Crippen LogP) is 1.74. The van der Waals surface area contributed by atoms with Crippen molar-refractivity contribution in [2.45, 2.75) is 32.2 Å². The summed E-state index contributed by atoms with van der Waals surface area (Å²) in [7, 11) is 0. The molecule has 1 fully saturated rings. The van der Waals surface area contributed by atoms with Crippen LogP contribution in [0, 0.1) is 0 Å². The SMILES string of the molecule is CC(C)c1cncc(N2CCC(N)C2)c1. The fraction of sp³-hybridized carbons (Fsp3) is 0.583. The van der Waals surface area contributed by atoms with Crippen LogP contribution in [-0.2, 0) is 0 Å². The fourth-order valence-electron chi connectivity index (χ4n) is 1.96. The molecule has 1 atom stereocenters. The van der Waals surface area contributed by atoms with Gasteiger partial charge >= 0.3 is 0 Å². The molecular weight excluding hydrogens is 186 g/mol. The topological polar surface area (TPSA) is 42.2 Å². The molecule has 1 unspecified atom stereocenters. The fourth-order valence-corrected chi connectivity index (χ4v) is 1.96. The van der Waals surface area contributed by atoms with Gasteiger partial charge in [0.15, 0.2) is 0 Å². The molecule has 1 aromatic heterocycles. The molecule has 0 bridgehead atoms. The summed E-state index contributed by atoms with van der Waals surface area (Å²) in [4.78, 5) is 6.62. The van der Waals surface area contributed by atoms with Gasteiger partial charge in [0.25, 0.3) is 0 Å². The average molecular weight is 205 g/mol. The van der Waals surface area contributed by atoms with E-state index in [0.717, 1.165) is 19.5 Å². The van der Waals surface area contributed by atoms with Gasteiger partial charge in [0, 0.05) is 25.3 Å². The van der Waals surface area contributed by atoms with Crippen LogP contribution in [0.5, 0.6) is 0 Å². The van der Waals surface area contributed by atoms with Crippen molar-refractivity contribution in [1.29, 1.82) is 0 Å². The standard InChI is InChI=1S/C12H19N3/c1-9(2)10-5-12(7-14-6-10)15-4-3-11(13)8-15/h5-7,9,11H,3-4,8,13H2,1-2H3. The molecule has 3 nitrogen and oxygen atoms in total. The van der Waals surface area contributed by atoms with Crippen molar-refractivity contribution in [2.75, 3.05) is 18.0 Å². The second-order valence-electron chi connectivity index (χ2n) is 4.63. The number of nitrogens with two attached hydrogens (primary N) is 1. The molecule has 0 spiro atoms. The highest BCUT2D eigenvalue weighted by Crippen LogP contribution is 2.22. The second kappa shape index (κ2) is 4.19. The maximum Gasteiger partial charge on any atom is 0.0556 e. The van der Waals surface area contributed by atoms with Gasteiger partial charge in [-0.3, -0.25) is 4.98 Å². The molecule has 2 N–H and O–H groups in total. The highest BCUT2D eigenvalue weighted by atomic mass is 15.2. The van der Waals surface area contributed by atoms with E-state index in [-0.39, 0.29) is 0 Å². The molecule has 0 aliphatic carbocycles. The summed E-state index contributed by atoms with van der Waals surface area (Å²) in [6.07, 6.45) is 4.97. The number of aromatic nitrogens is 1. The van der Waals surface area contributed by atoms with Gasteiger partial charge in [0.1, 0.15) is 0 Å². The van der Waals surface area contributed by atoms with Gasteiger partial charge in [-0.15, -0.1) is 0 Å². The van der Waals surface area contributed by atoms with Gasteiger partial charge in [-0.05, 0) is 24.0 Å². The van der Waals surface area contributed by atoms with E-state index >= 15 is 0 Å². The Labute approximate surface area is 91.3 Å². The third-order valence-corrected chi connectivity index (χ3v) is 3.00. The summed E-state index contributed by atoms with van der Waals surface area (Å²) >= 11 is 0. The monoisotopic (exact) mass is 205 g/mol. The summed E-state index contributed by atoms with van der Waals surface area (Å²) in [5.41, 5.74) is 8.41. The Bertz CT molecular complexity index is 335. The van der Waals surface area contributed by atoms with Crippen LogP contribution in [0.2, 0.25) is 0 Å². The van der Waals surface area contributed by atoms with E-state index in [9.17, 15) is 0 Å². The first-order valence-corrected chi connectivity index (χ1v) is 5.62. The lowest BCUT2D eigenvalue weighted by Gasteiger charge is -2.18. The summed E-state index contributed by atoms with van der Waals surface area (Å²) in [6.45, 7) is 6.40. The Kier molecular flexibility index (Phi) is 2.91. The van der Waals surface area contributed by atoms with Crippen molar-refractivity contribution in [3.8, 4) is 0 Å². The second-order valence-corrected chi connectivity index (χ2v) is 4.63. The van der Waals surface area contributed by atoms with Crippen LogP contribution < -0.4 is 10.6 Å². The molecule has 82 valence electrons. The van der Waals surface area contributed by atoms with Gasteiger partial charge in [0.2, 0.25) is 0 Å². The van der Waals surface area contributed by atoms with Crippen molar-refractivity contribution < 1.29 is 0 Å². The zero-order valence-corrected chi connectivity index (χ0v) is 9.48. The molecule has 15 heavy (non-hydrogen) atoms. The summed E-state index contributed by atoms with van der Waals surface area (Å²) in [5.74, 6) is 0.536. The minimum atomic E-state index is 0.327. The predicted molar refractivity (Wildman–Crippen MR) is 63.1 cm³/mol. The molecule has 1 aromatic rings. The molecule has 2 rings (SSSR count). The van der Waals surface area contributed by atoms with Crippen molar-refractivity contribution in [2.24, 2.45) is 5.73 Å². The van der Waals surface area contributed by atoms with Crippen molar-refractivity contribution >= 4 is 5.69 Å². The molecule has 1 aliphatic heterocycles. The Morgan fingerprint density at radius 1 is 1.47 bits per heavy atom. The van der Waals surface area contributed by atoms with Crippen LogP contribution in [0.4, 0.5) is 5.69 Å². The largest absolute Gasteiger partial charge is 0.369 e. The van der Waals surface area contributed by atoms with Crippen LogP contribution in [0.15, 0.2) is 18.5 Å². The first kappa shape index (κ1) is 10.4. The summed E-state index contributed by atoms with van der Waals surface area (Å²) in [5, 5.41) is 0. The number of nitrogens with zero attached hydrogens (tertiary/aromatic N) is 2. The Hall–Kier alpha value is -1.09. The molecule has 0 aromatic carbocycles. The molecule has 1 saturated heterocycles. The van der Waals surface area contributed by atoms with E-state index in [1.807, 2.05) is 12.4 Å². The lowest BCUT2D eigenvalue weighted by atomic mass is 10.1. The molecule has 0 radical (unpaired) electrons. The first-order chi connectivity index (χ1) is 7.16. The Balaban J connectivity index is 2.18. The smallest absolute Gasteiger partial charge is 0.0556 e. The van der Waals surface area contributed by atoms with Crippen LogP contribution in [0.3, 0.4) is 0 Å². The van der Waals surface area contributed by atoms with Crippen molar-refractivity contribution in [1.82, 2.24) is 4.98 Å². The highest BCUT2D eigenvalue weighted by molar-refractivity contribution is 5.47. The molecule has 0 amide bonds. The van der Waals surface area contributed by atoms with E-state index in [1.54, 1.807) is 0 Å². The van der Waals surface area contributed by atoms with Gasteiger partial charge in [0.05, 0.1) is 11.9 Å². The lowest BCUT2D eigenvalue weighted by Crippen LogP contribution is -2.26. The zero-order chi connectivity index (χ0) is 10.8. The van der Waals surface area contributed by atoms with Gasteiger partial charge in [-0.25, -0.2) is 0 Å². The van der Waals surface area contributed by atoms with Crippen molar-refractivity contribution in [3.05, 3.63) is 24.0 Å². The van der Waals surface area contributed by atoms with Gasteiger partial charge in [-0.2, -0.15) is 0 Å². The molecule has 3 heteroatoms. The maximum absolute atomic E-state index is 5.90. The molecule has 2 heterocycles. The quantitative estimate of drug-likeness (QED) is 0.799. The number of anilines is 1. The normalized spacial score (nSPS) is 21.3. The maximum atomic E-state index is 5.90. The van der Waals surface area contributed by atoms with Crippen LogP contribution in [-0.4, -0.2) is 24.1 Å². The molecule has 0 saturated carbocycles. The van der Waals surface area contributed by atoms with E-state index in [0.29, 0.717) is 12.0 Å². The van der Waals surface area contributed by atoms with Crippen LogP contribution >= 0.6 is 0 Å². The Morgan fingerprint density at radius 2 is 2.27 bits per heavy atom. The third kappa shape index (κ3) is 2.29. The zero-order valence-electron chi connectivity index (χ0n) is 9.48.